The molecular formula is C22H27ClF3N3O2. The van der Waals surface area contributed by atoms with Crippen LogP contribution in [0.1, 0.15) is 68.1 Å². The highest BCUT2D eigenvalue weighted by Gasteiger charge is 2.29. The summed E-state index contributed by atoms with van der Waals surface area (Å²) in [6, 6.07) is 1.71. The van der Waals surface area contributed by atoms with E-state index >= 15 is 0 Å². The Bertz CT molecular complexity index is 935. The van der Waals surface area contributed by atoms with Crippen molar-refractivity contribution < 1.29 is 22.5 Å². The zero-order chi connectivity index (χ0) is 22.9. The highest BCUT2D eigenvalue weighted by Crippen LogP contribution is 2.30. The average Bonchev–Trinajstić information content (AvgIpc) is 3.20. The summed E-state index contributed by atoms with van der Waals surface area (Å²) in [7, 11) is 0. The van der Waals surface area contributed by atoms with Gasteiger partial charge in [0, 0.05) is 29.6 Å². The van der Waals surface area contributed by atoms with Gasteiger partial charge in [-0.1, -0.05) is 37.5 Å². The molecule has 1 aromatic carbocycles. The van der Waals surface area contributed by atoms with Crippen LogP contribution in [-0.4, -0.2) is 23.7 Å². The molecule has 0 unspecified atom stereocenters. The number of rotatable bonds is 5. The van der Waals surface area contributed by atoms with E-state index in [-0.39, 0.29) is 11.5 Å². The van der Waals surface area contributed by atoms with E-state index in [9.17, 15) is 18.0 Å². The summed E-state index contributed by atoms with van der Waals surface area (Å²) in [5, 5.41) is 9.20. The zero-order valence-electron chi connectivity index (χ0n) is 18.0. The second-order valence-corrected chi connectivity index (χ2v) is 9.53. The topological polar surface area (TPSA) is 67.2 Å². The minimum atomic E-state index is -1.41. The third kappa shape index (κ3) is 5.17. The number of amides is 1. The summed E-state index contributed by atoms with van der Waals surface area (Å²) in [5.41, 5.74) is -1.33. The number of anilines is 1. The predicted molar refractivity (Wildman–Crippen MR) is 113 cm³/mol. The van der Waals surface area contributed by atoms with E-state index in [2.05, 4.69) is 15.8 Å². The van der Waals surface area contributed by atoms with Gasteiger partial charge in [0.15, 0.2) is 17.5 Å². The molecule has 0 aliphatic heterocycles. The van der Waals surface area contributed by atoms with Gasteiger partial charge in [0.25, 0.3) is 5.91 Å². The predicted octanol–water partition coefficient (Wildman–Crippen LogP) is 5.75. The molecule has 1 fully saturated rings. The van der Waals surface area contributed by atoms with E-state index in [4.69, 9.17) is 16.1 Å². The number of hydrogen-bond acceptors (Lipinski definition) is 4. The van der Waals surface area contributed by atoms with E-state index in [1.807, 2.05) is 26.8 Å². The molecule has 170 valence electrons. The van der Waals surface area contributed by atoms with Crippen molar-refractivity contribution in [1.82, 2.24) is 10.5 Å². The van der Waals surface area contributed by atoms with Crippen LogP contribution >= 0.6 is 11.6 Å². The molecule has 1 saturated carbocycles. The second kappa shape index (κ2) is 9.10. The summed E-state index contributed by atoms with van der Waals surface area (Å²) >= 11 is 5.70. The monoisotopic (exact) mass is 457 g/mol. The van der Waals surface area contributed by atoms with E-state index in [1.165, 1.54) is 0 Å². The molecule has 3 rings (SSSR count). The summed E-state index contributed by atoms with van der Waals surface area (Å²) in [5.74, 6) is -2.88. The van der Waals surface area contributed by atoms with Crippen LogP contribution in [0.3, 0.4) is 0 Å². The lowest BCUT2D eigenvalue weighted by atomic mass is 9.86. The Morgan fingerprint density at radius 2 is 1.81 bits per heavy atom. The van der Waals surface area contributed by atoms with Crippen LogP contribution in [0.2, 0.25) is 5.02 Å². The number of benzene rings is 1. The third-order valence-electron chi connectivity index (χ3n) is 5.71. The Kier molecular flexibility index (Phi) is 6.88. The number of nitrogens with zero attached hydrogens (tertiary/aromatic N) is 1. The van der Waals surface area contributed by atoms with Crippen molar-refractivity contribution in [2.45, 2.75) is 64.8 Å². The van der Waals surface area contributed by atoms with Gasteiger partial charge in [0.05, 0.1) is 10.6 Å². The van der Waals surface area contributed by atoms with Gasteiger partial charge in [-0.05, 0) is 38.5 Å². The Morgan fingerprint density at radius 1 is 1.16 bits per heavy atom. The van der Waals surface area contributed by atoms with Crippen molar-refractivity contribution in [3.8, 4) is 0 Å². The lowest BCUT2D eigenvalue weighted by molar-refractivity contribution is 0.0918. The summed E-state index contributed by atoms with van der Waals surface area (Å²) in [6.07, 6.45) is 3.06. The second-order valence-electron chi connectivity index (χ2n) is 9.15. The molecular weight excluding hydrogens is 431 g/mol. The smallest absolute Gasteiger partial charge is 0.256 e. The number of hydrogen-bond donors (Lipinski definition) is 2. The standard InChI is InChI=1S/C22H27ClF3N3O2/c1-11-18(24)16(17(23)20(26)19(11)25)21(30)28-13-7-5-12(6-8-13)10-27-15-9-14(31-29-15)22(2,3)4/h9,12-13H,5-8,10H2,1-4H3,(H,27,29)(H,28,30). The van der Waals surface area contributed by atoms with Crippen LogP contribution in [0.15, 0.2) is 10.6 Å². The first kappa shape index (κ1) is 23.4. The number of halogens is 4. The molecule has 0 spiro atoms. The van der Waals surface area contributed by atoms with Gasteiger partial charge in [0.1, 0.15) is 11.6 Å². The van der Waals surface area contributed by atoms with Crippen LogP contribution < -0.4 is 10.6 Å². The molecule has 0 radical (unpaired) electrons. The maximum Gasteiger partial charge on any atom is 0.256 e. The molecule has 9 heteroatoms. The summed E-state index contributed by atoms with van der Waals surface area (Å²) < 4.78 is 47.1. The SMILES string of the molecule is Cc1c(F)c(F)c(Cl)c(C(=O)NC2CCC(CNc3cc(C(C)(C)C)on3)CC2)c1F. The van der Waals surface area contributed by atoms with Gasteiger partial charge in [0.2, 0.25) is 0 Å². The molecule has 5 nitrogen and oxygen atoms in total. The Hall–Kier alpha value is -2.22. The fraction of sp³-hybridized carbons (Fsp3) is 0.545. The third-order valence-corrected chi connectivity index (χ3v) is 6.07. The molecule has 0 bridgehead atoms. The molecule has 1 aliphatic carbocycles. The summed E-state index contributed by atoms with van der Waals surface area (Å²) in [4.78, 5) is 12.5. The van der Waals surface area contributed by atoms with Crippen molar-refractivity contribution in [2.75, 3.05) is 11.9 Å². The quantitative estimate of drug-likeness (QED) is 0.443. The molecule has 0 saturated heterocycles. The molecule has 1 amide bonds. The lowest BCUT2D eigenvalue weighted by Gasteiger charge is -2.29. The summed E-state index contributed by atoms with van der Waals surface area (Å²) in [6.45, 7) is 7.94. The van der Waals surface area contributed by atoms with Gasteiger partial charge in [-0.2, -0.15) is 0 Å². The van der Waals surface area contributed by atoms with Crippen LogP contribution in [0.4, 0.5) is 19.0 Å². The minimum absolute atomic E-state index is 0.114. The van der Waals surface area contributed by atoms with Gasteiger partial charge in [-0.15, -0.1) is 0 Å². The van der Waals surface area contributed by atoms with Crippen molar-refractivity contribution in [3.05, 3.63) is 45.4 Å². The fourth-order valence-electron chi connectivity index (χ4n) is 3.68. The van der Waals surface area contributed by atoms with Crippen molar-refractivity contribution in [1.29, 1.82) is 0 Å². The van der Waals surface area contributed by atoms with Gasteiger partial charge in [-0.25, -0.2) is 13.2 Å². The molecule has 1 heterocycles. The Labute approximate surface area is 184 Å². The normalized spacial score (nSPS) is 19.4. The number of carbonyl (C=O) groups excluding carboxylic acids is 1. The maximum atomic E-state index is 14.3. The number of aromatic nitrogens is 1. The first-order valence-corrected chi connectivity index (χ1v) is 10.7. The highest BCUT2D eigenvalue weighted by atomic mass is 35.5. The first-order chi connectivity index (χ1) is 14.5. The van der Waals surface area contributed by atoms with Crippen molar-refractivity contribution >= 4 is 23.3 Å². The van der Waals surface area contributed by atoms with E-state index in [0.717, 1.165) is 32.1 Å². The first-order valence-electron chi connectivity index (χ1n) is 10.3. The van der Waals surface area contributed by atoms with Crippen LogP contribution in [0, 0.1) is 30.3 Å². The largest absolute Gasteiger partial charge is 0.367 e. The van der Waals surface area contributed by atoms with Gasteiger partial charge >= 0.3 is 0 Å². The molecule has 31 heavy (non-hydrogen) atoms. The van der Waals surface area contributed by atoms with Gasteiger partial charge in [-0.3, -0.25) is 4.79 Å². The zero-order valence-corrected chi connectivity index (χ0v) is 18.8. The van der Waals surface area contributed by atoms with E-state index < -0.39 is 39.5 Å². The minimum Gasteiger partial charge on any atom is -0.367 e. The maximum absolute atomic E-state index is 14.3. The molecule has 1 aromatic heterocycles. The number of nitrogens with one attached hydrogen (secondary N) is 2. The van der Waals surface area contributed by atoms with Crippen molar-refractivity contribution in [3.63, 3.8) is 0 Å². The van der Waals surface area contributed by atoms with Crippen LogP contribution in [0.5, 0.6) is 0 Å². The Balaban J connectivity index is 1.53. The lowest BCUT2D eigenvalue weighted by Crippen LogP contribution is -2.39. The van der Waals surface area contributed by atoms with Crippen LogP contribution in [0.25, 0.3) is 0 Å². The number of carbonyl (C=O) groups is 1. The molecule has 2 aromatic rings. The highest BCUT2D eigenvalue weighted by molar-refractivity contribution is 6.34. The average molecular weight is 458 g/mol. The van der Waals surface area contributed by atoms with Gasteiger partial charge < -0.3 is 15.2 Å². The fourth-order valence-corrected chi connectivity index (χ4v) is 3.93. The Morgan fingerprint density at radius 3 is 2.39 bits per heavy atom. The van der Waals surface area contributed by atoms with E-state index in [1.54, 1.807) is 0 Å². The molecule has 2 N–H and O–H groups in total. The molecule has 1 aliphatic rings. The van der Waals surface area contributed by atoms with Crippen molar-refractivity contribution in [2.24, 2.45) is 5.92 Å². The van der Waals surface area contributed by atoms with E-state index in [0.29, 0.717) is 24.6 Å². The molecule has 0 atom stereocenters. The van der Waals surface area contributed by atoms with Crippen LogP contribution in [-0.2, 0) is 5.41 Å².